The number of esters is 1. The van der Waals surface area contributed by atoms with Crippen LogP contribution in [0.25, 0.3) is 0 Å². The van der Waals surface area contributed by atoms with Gasteiger partial charge in [0, 0.05) is 43.9 Å². The molecule has 596 valence electrons. The Hall–Kier alpha value is -10.5. The van der Waals surface area contributed by atoms with Gasteiger partial charge in [-0.05, 0) is 16.7 Å². The molecular formula is C71H70F19N4O11S4+. The third-order valence-corrected chi connectivity index (χ3v) is 12.3. The quantitative estimate of drug-likeness (QED) is 0.0172. The van der Waals surface area contributed by atoms with Gasteiger partial charge in [-0.1, -0.05) is 146 Å². The number of hydrogen-bond acceptors (Lipinski definition) is 11. The molecule has 8 aromatic rings. The number of carboxylic acid groups (broad SMARTS) is 1. The average Bonchev–Trinajstić information content (AvgIpc) is 0.764. The fourth-order valence-electron chi connectivity index (χ4n) is 7.40. The van der Waals surface area contributed by atoms with E-state index in [1.165, 1.54) is 17.7 Å². The molecule has 1 aliphatic rings. The van der Waals surface area contributed by atoms with Gasteiger partial charge in [0.15, 0.2) is 81.1 Å². The highest BCUT2D eigenvalue weighted by Gasteiger charge is 2.35. The number of phenolic OH excluding ortho intramolecular Hbond substituents is 4. The van der Waals surface area contributed by atoms with Crippen LogP contribution in [0.15, 0.2) is 127 Å². The molecule has 0 radical (unpaired) electrons. The topological polar surface area (TPSA) is 258 Å². The molecule has 109 heavy (non-hydrogen) atoms. The van der Waals surface area contributed by atoms with E-state index in [4.69, 9.17) is 31.3 Å². The maximum atomic E-state index is 14.3. The van der Waals surface area contributed by atoms with Crippen molar-refractivity contribution < 1.29 is 138 Å². The minimum Gasteiger partial charge on any atom is -0.503 e. The van der Waals surface area contributed by atoms with Crippen LogP contribution in [0.5, 0.6) is 28.7 Å². The van der Waals surface area contributed by atoms with Crippen molar-refractivity contribution >= 4 is 83.6 Å². The molecule has 0 aromatic heterocycles. The Balaban J connectivity index is -0.000000643. The molecule has 0 bridgehead atoms. The third-order valence-electron chi connectivity index (χ3n) is 12.3. The van der Waals surface area contributed by atoms with Gasteiger partial charge in [0.1, 0.15) is 45.3 Å². The molecule has 0 atom stereocenters. The number of benzene rings is 8. The number of carboxylic acids is 1. The van der Waals surface area contributed by atoms with Crippen molar-refractivity contribution in [1.29, 1.82) is 0 Å². The second kappa shape index (κ2) is 51.7. The van der Waals surface area contributed by atoms with E-state index in [1.807, 2.05) is 85.7 Å². The number of hydrogen-bond donors (Lipinski definition) is 9. The van der Waals surface area contributed by atoms with Crippen LogP contribution < -0.4 is 26.4 Å². The molecule has 0 aliphatic heterocycles. The van der Waals surface area contributed by atoms with E-state index in [-0.39, 0.29) is 79.7 Å². The summed E-state index contributed by atoms with van der Waals surface area (Å²) < 4.78 is 258. The van der Waals surface area contributed by atoms with Crippen molar-refractivity contribution in [2.45, 2.75) is 75.0 Å². The second-order valence-corrected chi connectivity index (χ2v) is 18.6. The molecule has 0 heterocycles. The van der Waals surface area contributed by atoms with E-state index in [9.17, 15) is 107 Å². The molecular weight excluding hydrogens is 1570 g/mol. The highest BCUT2D eigenvalue weighted by Crippen LogP contribution is 2.34. The van der Waals surface area contributed by atoms with Crippen LogP contribution in [0, 0.1) is 117 Å². The first-order valence-electron chi connectivity index (χ1n) is 30.2. The summed E-state index contributed by atoms with van der Waals surface area (Å²) >= 11 is 0. The van der Waals surface area contributed by atoms with Crippen LogP contribution in [0.4, 0.5) is 83.4 Å². The fourth-order valence-corrected chi connectivity index (χ4v) is 7.40. The molecule has 0 fully saturated rings. The standard InChI is InChI=1S/C21H8F7NO4.2C14H9F4NO2.C7H2F4O3.C7H9N.4C2H6.4H2S/c22-9-6-10(33-21(32)12-15(25)17(27)19(30)18(28)16(12)26)13(23)14(24)11(9)20(31)29-7-8-4-2-1-3-5-8;2*15-9-8(10(16)12(18)13(20)11(9)17)14(21)19-6-7-4-2-1-3-5-7;8-2-1(7(13)14)3(9)5(11)6(12)4(2)10;8-6-7-4-2-1-3-5-7;4*1-2;;;;/h1-4,6H,7H2,(H-,29,30,31,32);2*1-5,20H,6H2,(H,19,21);12H,(H,13,14);1-5H,6,8H2;4*1-2H3;4*1H2/p+1. The highest BCUT2D eigenvalue weighted by atomic mass is 32.1. The number of nitrogens with two attached hydrogens (primary N) is 1. The van der Waals surface area contributed by atoms with Crippen LogP contribution in [-0.4, -0.2) is 61.7 Å². The molecule has 15 nitrogen and oxygen atoms in total. The molecule has 0 spiro atoms. The van der Waals surface area contributed by atoms with Crippen LogP contribution in [0.3, 0.4) is 0 Å². The number of ether oxygens (including phenoxy) is 1. The van der Waals surface area contributed by atoms with Crippen molar-refractivity contribution in [3.8, 4) is 28.7 Å². The maximum absolute atomic E-state index is 14.3. The first-order valence-corrected chi connectivity index (χ1v) is 30.2. The second-order valence-electron chi connectivity index (χ2n) is 18.6. The smallest absolute Gasteiger partial charge is 0.349 e. The van der Waals surface area contributed by atoms with Crippen LogP contribution >= 0.6 is 54.0 Å². The number of aromatic carboxylic acids is 1. The Morgan fingerprint density at radius 3 is 0.927 bits per heavy atom. The van der Waals surface area contributed by atoms with E-state index in [0.717, 1.165) is 0 Å². The lowest BCUT2D eigenvalue weighted by Crippen LogP contribution is -2.28. The molecule has 38 heteroatoms. The lowest BCUT2D eigenvalue weighted by atomic mass is 10.1. The number of carbonyl (C=O) groups excluding carboxylic acids is 4. The zero-order chi connectivity index (χ0) is 80.4. The lowest BCUT2D eigenvalue weighted by molar-refractivity contribution is 0.0678. The van der Waals surface area contributed by atoms with Gasteiger partial charge in [-0.2, -0.15) is 93.5 Å². The first kappa shape index (κ1) is 105. The summed E-state index contributed by atoms with van der Waals surface area (Å²) in [6.45, 7) is 16.2. The lowest BCUT2D eigenvalue weighted by Gasteiger charge is -2.12. The SMILES string of the molecule is CC.CC.CC.CC.NCc1ccccc1.O=C(NCC1=CC=CC=[C+]1)c1c(F)cc(OC(=O)c2c(F)c(F)c(O)c(F)c2F)c(F)c1F.O=C(NCc1ccccc1)c1c(F)c(F)c(O)c(F)c1F.O=C(NCc1ccccc1)c1c(F)c(F)c(O)c(F)c1F.O=C(O)c1c(F)c(F)c(O)c(F)c1F.S.S.S.S. The zero-order valence-electron chi connectivity index (χ0n) is 57.8. The molecule has 0 saturated carbocycles. The van der Waals surface area contributed by atoms with Gasteiger partial charge in [-0.25, -0.2) is 53.5 Å². The predicted octanol–water partition coefficient (Wildman–Crippen LogP) is 17.3. The summed E-state index contributed by atoms with van der Waals surface area (Å²) in [4.78, 5) is 57.5. The van der Waals surface area contributed by atoms with E-state index < -0.39 is 197 Å². The largest absolute Gasteiger partial charge is 0.503 e. The van der Waals surface area contributed by atoms with Gasteiger partial charge < -0.3 is 52.0 Å². The molecule has 9 rings (SSSR count). The maximum Gasteiger partial charge on any atom is 0.349 e. The van der Waals surface area contributed by atoms with E-state index in [1.54, 1.807) is 72.8 Å². The Morgan fingerprint density at radius 2 is 0.642 bits per heavy atom. The summed E-state index contributed by atoms with van der Waals surface area (Å²) in [5.74, 6) is -57.5. The van der Waals surface area contributed by atoms with Gasteiger partial charge >= 0.3 is 11.9 Å². The number of amides is 3. The predicted molar refractivity (Wildman–Crippen MR) is 384 cm³/mol. The Kier molecular flexibility index (Phi) is 49.7. The summed E-state index contributed by atoms with van der Waals surface area (Å²) in [5, 5.41) is 49.6. The Bertz CT molecular complexity index is 4210. The molecule has 1 aliphatic carbocycles. The average molecular weight is 1640 g/mol. The van der Waals surface area contributed by atoms with Crippen molar-refractivity contribution in [3.05, 3.63) is 288 Å². The van der Waals surface area contributed by atoms with Crippen molar-refractivity contribution in [1.82, 2.24) is 16.0 Å². The van der Waals surface area contributed by atoms with Crippen molar-refractivity contribution in [2.24, 2.45) is 5.73 Å². The zero-order valence-corrected chi connectivity index (χ0v) is 61.8. The summed E-state index contributed by atoms with van der Waals surface area (Å²) in [7, 11) is 0. The monoisotopic (exact) mass is 1640 g/mol. The molecule has 0 saturated heterocycles. The summed E-state index contributed by atoms with van der Waals surface area (Å²) in [6.07, 6.45) is 8.97. The number of rotatable bonds is 13. The van der Waals surface area contributed by atoms with E-state index in [2.05, 4.69) is 26.8 Å². The summed E-state index contributed by atoms with van der Waals surface area (Å²) in [6, 6.07) is 26.8. The Morgan fingerprint density at radius 1 is 0.367 bits per heavy atom. The molecule has 3 amide bonds. The number of halogens is 19. The van der Waals surface area contributed by atoms with Crippen molar-refractivity contribution in [3.63, 3.8) is 0 Å². The number of allylic oxidation sites excluding steroid dienone is 4. The number of phenols is 4. The molecule has 0 unspecified atom stereocenters. The fraction of sp³-hybridized carbons (Fsp3) is 0.169. The van der Waals surface area contributed by atoms with Crippen LogP contribution in [-0.2, 0) is 19.6 Å². The minimum atomic E-state index is -2.40. The number of aromatic hydroxyl groups is 4. The number of carbonyl (C=O) groups is 5. The van der Waals surface area contributed by atoms with Gasteiger partial charge in [0.25, 0.3) is 17.7 Å². The van der Waals surface area contributed by atoms with Crippen LogP contribution in [0.2, 0.25) is 0 Å². The van der Waals surface area contributed by atoms with E-state index >= 15 is 0 Å². The summed E-state index contributed by atoms with van der Waals surface area (Å²) in [5.41, 5.74) is 0.171. The van der Waals surface area contributed by atoms with Gasteiger partial charge in [0.2, 0.25) is 52.4 Å². The van der Waals surface area contributed by atoms with Gasteiger partial charge in [-0.15, -0.1) is 0 Å². The molecule has 10 N–H and O–H groups in total. The normalized spacial score (nSPS) is 9.96. The van der Waals surface area contributed by atoms with Crippen LogP contribution in [0.1, 0.15) is 124 Å². The first-order chi connectivity index (χ1) is 49.7. The van der Waals surface area contributed by atoms with Gasteiger partial charge in [0.05, 0.1) is 12.6 Å². The van der Waals surface area contributed by atoms with E-state index in [0.29, 0.717) is 23.2 Å². The highest BCUT2D eigenvalue weighted by molar-refractivity contribution is 7.59. The van der Waals surface area contributed by atoms with Gasteiger partial charge in [-0.3, -0.25) is 14.4 Å². The number of nitrogens with one attached hydrogen (secondary N) is 3. The minimum absolute atomic E-state index is 0. The molecule has 8 aromatic carbocycles. The third kappa shape index (κ3) is 27.9. The Labute approximate surface area is 638 Å². The van der Waals surface area contributed by atoms with Crippen molar-refractivity contribution in [2.75, 3.05) is 6.54 Å².